The van der Waals surface area contributed by atoms with E-state index in [-0.39, 0.29) is 88.1 Å². The van der Waals surface area contributed by atoms with E-state index in [9.17, 15) is 82.0 Å². The van der Waals surface area contributed by atoms with E-state index in [1.165, 1.54) is 24.3 Å². The molecule has 4 heterocycles. The van der Waals surface area contributed by atoms with Crippen LogP contribution in [-0.2, 0) is 111 Å². The van der Waals surface area contributed by atoms with Crippen molar-refractivity contribution in [2.75, 3.05) is 21.3 Å². The molecular formula is C108H87F5N12O12. The molecule has 16 aromatic rings. The van der Waals surface area contributed by atoms with Gasteiger partial charge < -0.3 is 62.1 Å². The van der Waals surface area contributed by atoms with Gasteiger partial charge in [0.15, 0.2) is 92.5 Å². The van der Waals surface area contributed by atoms with Crippen LogP contribution in [0.15, 0.2) is 261 Å². The fourth-order valence-corrected chi connectivity index (χ4v) is 17.0. The quantitative estimate of drug-likeness (QED) is 0.0146. The van der Waals surface area contributed by atoms with Crippen LogP contribution in [0, 0.1) is 29.1 Å². The minimum Gasteiger partial charge on any atom is -0.504 e. The maximum atomic E-state index is 14.1. The number of fused-ring (bicyclic) bond motifs is 12. The minimum atomic E-state index is -2.31. The smallest absolute Gasteiger partial charge is 0.256 e. The number of aromatic hydroxyl groups is 8. The summed E-state index contributed by atoms with van der Waals surface area (Å²) in [7, 11) is 0. The van der Waals surface area contributed by atoms with Crippen molar-refractivity contribution in [3.05, 3.63) is 402 Å². The number of phenols is 8. The largest absolute Gasteiger partial charge is 0.504 e. The summed E-state index contributed by atoms with van der Waals surface area (Å²) < 4.78 is 68.8. The SMILES string of the molecule is O=C(CCc1ccccc1)Nc1nc2c(nc1Cc1ccccc1)-c1ccc(O)c(O)c1CC2.O=C(Cc1c(F)c(F)c(F)c(F)c1F)Nc1nc2c(nc1Cc1ccccc1)-c1ccc(O)c(O)c1CC2.O=C(Cc1ccccc1)Nc1nc2c(nc1Cc1ccccc1)-c1ccc(O)c(O)c1CC2.O=C(Nc1nc2c(nc1Cc1ccccc1)-c1ccc(O)c(O)c1CC2)c1ccccc1. The summed E-state index contributed by atoms with van der Waals surface area (Å²) in [5.41, 5.74) is 18.0. The average molecular weight is 1840 g/mol. The van der Waals surface area contributed by atoms with Crippen molar-refractivity contribution in [2.24, 2.45) is 0 Å². The normalized spacial score (nSPS) is 12.0. The summed E-state index contributed by atoms with van der Waals surface area (Å²) in [4.78, 5) is 89.5. The van der Waals surface area contributed by atoms with Crippen molar-refractivity contribution < 1.29 is 82.0 Å². The van der Waals surface area contributed by atoms with Gasteiger partial charge in [-0.15, -0.1) is 0 Å². The number of hydrogen-bond donors (Lipinski definition) is 12. The maximum absolute atomic E-state index is 14.1. The summed E-state index contributed by atoms with van der Waals surface area (Å²) in [6.45, 7) is 0. The summed E-state index contributed by atoms with van der Waals surface area (Å²) in [5.74, 6) is -12.3. The molecular weight excluding hydrogens is 1750 g/mol. The Morgan fingerprint density at radius 2 is 0.518 bits per heavy atom. The highest BCUT2D eigenvalue weighted by molar-refractivity contribution is 6.04. The molecule has 12 aromatic carbocycles. The number of anilines is 4. The van der Waals surface area contributed by atoms with Gasteiger partial charge >= 0.3 is 0 Å². The first-order valence-electron chi connectivity index (χ1n) is 44.2. The molecule has 686 valence electrons. The molecule has 0 radical (unpaired) electrons. The fourth-order valence-electron chi connectivity index (χ4n) is 17.0. The molecule has 4 aliphatic rings. The minimum absolute atomic E-state index is 0.0343. The van der Waals surface area contributed by atoms with Crippen molar-refractivity contribution in [1.29, 1.82) is 0 Å². The van der Waals surface area contributed by atoms with E-state index in [1.807, 2.05) is 170 Å². The van der Waals surface area contributed by atoms with E-state index < -0.39 is 47.0 Å². The number of aryl methyl sites for hydroxylation is 5. The van der Waals surface area contributed by atoms with E-state index in [1.54, 1.807) is 66.7 Å². The van der Waals surface area contributed by atoms with Crippen LogP contribution in [0.5, 0.6) is 46.0 Å². The molecule has 0 aliphatic heterocycles. The lowest BCUT2D eigenvalue weighted by molar-refractivity contribution is -0.116. The van der Waals surface area contributed by atoms with Crippen LogP contribution in [0.25, 0.3) is 45.0 Å². The van der Waals surface area contributed by atoms with Gasteiger partial charge in [0.2, 0.25) is 23.5 Å². The van der Waals surface area contributed by atoms with Crippen LogP contribution in [0.4, 0.5) is 45.2 Å². The summed E-state index contributed by atoms with van der Waals surface area (Å²) in [6, 6.07) is 79.8. The lowest BCUT2D eigenvalue weighted by Crippen LogP contribution is -2.21. The van der Waals surface area contributed by atoms with Crippen LogP contribution < -0.4 is 21.3 Å². The Kier molecular flexibility index (Phi) is 27.4. The lowest BCUT2D eigenvalue weighted by atomic mass is 9.90. The van der Waals surface area contributed by atoms with Gasteiger partial charge in [0.1, 0.15) is 0 Å². The second-order valence-corrected chi connectivity index (χ2v) is 33.1. The third kappa shape index (κ3) is 20.7. The predicted octanol–water partition coefficient (Wildman–Crippen LogP) is 18.9. The van der Waals surface area contributed by atoms with Crippen molar-refractivity contribution in [3.8, 4) is 91.0 Å². The number of carbonyl (C=O) groups excluding carboxylic acids is 4. The molecule has 20 rings (SSSR count). The van der Waals surface area contributed by atoms with Gasteiger partial charge in [-0.05, 0) is 152 Å². The molecule has 4 aromatic heterocycles. The zero-order valence-corrected chi connectivity index (χ0v) is 73.3. The molecule has 137 heavy (non-hydrogen) atoms. The lowest BCUT2D eigenvalue weighted by Gasteiger charge is -2.22. The summed E-state index contributed by atoms with van der Waals surface area (Å²) >= 11 is 0. The Morgan fingerprint density at radius 3 is 0.825 bits per heavy atom. The molecule has 0 atom stereocenters. The van der Waals surface area contributed by atoms with Crippen LogP contribution >= 0.6 is 0 Å². The van der Waals surface area contributed by atoms with Gasteiger partial charge in [0, 0.05) is 87.7 Å². The molecule has 0 bridgehead atoms. The molecule has 4 aliphatic carbocycles. The third-order valence-electron chi connectivity index (χ3n) is 23.9. The second kappa shape index (κ2) is 40.9. The first kappa shape index (κ1) is 91.8. The average Bonchev–Trinajstić information content (AvgIpc) is 0.771. The van der Waals surface area contributed by atoms with E-state index in [0.717, 1.165) is 67.2 Å². The van der Waals surface area contributed by atoms with Crippen molar-refractivity contribution >= 4 is 46.9 Å². The summed E-state index contributed by atoms with van der Waals surface area (Å²) in [6.07, 6.45) is 5.66. The molecule has 0 fully saturated rings. The van der Waals surface area contributed by atoms with Crippen LogP contribution in [0.2, 0.25) is 0 Å². The number of carbonyl (C=O) groups is 4. The van der Waals surface area contributed by atoms with Gasteiger partial charge in [-0.3, -0.25) is 19.2 Å². The van der Waals surface area contributed by atoms with E-state index in [2.05, 4.69) is 31.2 Å². The molecule has 24 nitrogen and oxygen atoms in total. The number of aromatic nitrogens is 8. The third-order valence-corrected chi connectivity index (χ3v) is 23.9. The number of hydrogen-bond acceptors (Lipinski definition) is 20. The monoisotopic (exact) mass is 1840 g/mol. The first-order chi connectivity index (χ1) is 66.4. The number of benzene rings is 12. The molecule has 0 saturated carbocycles. The van der Waals surface area contributed by atoms with Gasteiger partial charge in [0.05, 0.1) is 81.2 Å². The van der Waals surface area contributed by atoms with Gasteiger partial charge in [-0.1, -0.05) is 200 Å². The Bertz CT molecular complexity index is 7260. The molecule has 0 spiro atoms. The summed E-state index contributed by atoms with van der Waals surface area (Å²) in [5, 5.41) is 92.2. The van der Waals surface area contributed by atoms with Crippen molar-refractivity contribution in [3.63, 3.8) is 0 Å². The molecule has 29 heteroatoms. The van der Waals surface area contributed by atoms with E-state index >= 15 is 0 Å². The Labute approximate surface area is 781 Å². The first-order valence-corrected chi connectivity index (χ1v) is 44.2. The van der Waals surface area contributed by atoms with Crippen LogP contribution in [0.3, 0.4) is 0 Å². The van der Waals surface area contributed by atoms with Crippen LogP contribution in [-0.4, -0.2) is 104 Å². The predicted molar refractivity (Wildman–Crippen MR) is 505 cm³/mol. The number of amides is 4. The van der Waals surface area contributed by atoms with Gasteiger partial charge in [-0.25, -0.2) is 61.8 Å². The fraction of sp³-hybridized carbons (Fsp3) is 0.148. The van der Waals surface area contributed by atoms with E-state index in [0.29, 0.717) is 180 Å². The number of nitrogens with one attached hydrogen (secondary N) is 4. The molecule has 4 amide bonds. The number of phenolic OH excluding ortho intramolecular Hbond substituents is 8. The van der Waals surface area contributed by atoms with Crippen molar-refractivity contribution in [1.82, 2.24) is 39.9 Å². The second-order valence-electron chi connectivity index (χ2n) is 33.1. The molecule has 12 N–H and O–H groups in total. The maximum Gasteiger partial charge on any atom is 0.256 e. The van der Waals surface area contributed by atoms with Crippen LogP contribution in [0.1, 0.15) is 124 Å². The standard InChI is InChI=1S/C28H25N3O3.C27H18F5N3O3.C27H23N3O3.C26H21N3O3/c32-24-15-13-20-21(27(24)34)12-14-22-26(20)29-23(17-19-9-5-2-6-10-19)28(30-22)31-25(33)16-11-18-7-3-1-4-8-18;28-20-15(21(29)23(31)24(32)22(20)30)11-19(37)35-27-17(10-12-4-2-1-3-5-12)33-25-13-7-9-18(36)26(38)14(13)6-8-16(25)34-27;31-23-14-12-19-20(26(23)33)11-13-21-25(19)28-22(15-17-7-3-1-4-8-17)27(29-21)30-24(32)16-18-9-5-2-6-10-18;30-22-14-12-18-19(24(22)31)11-13-20-23(18)27-21(15-16-7-3-1-4-8-16)25(28-20)29-26(32)17-9-5-2-6-10-17/h1-10,13,15,32,34H,11-12,14,16-17H2,(H,30,31,33);1-5,7,9,36,38H,6,8,10-11H2,(H,34,35,37);1-10,12,14,31,33H,11,13,15-16H2,(H,29,30,32);1-10,12,14,30-31H,11,13,15H2,(H,28,29,32). The van der Waals surface area contributed by atoms with Gasteiger partial charge in [0.25, 0.3) is 5.91 Å². The molecule has 0 saturated heterocycles. The number of halogens is 5. The highest BCUT2D eigenvalue weighted by Crippen LogP contribution is 2.47. The zero-order chi connectivity index (χ0) is 95.5. The highest BCUT2D eigenvalue weighted by Gasteiger charge is 2.34. The highest BCUT2D eigenvalue weighted by atomic mass is 19.2. The Hall–Kier alpha value is -17.1. The zero-order valence-electron chi connectivity index (χ0n) is 73.3. The Balaban J connectivity index is 0.000000127. The topological polar surface area (TPSA) is 381 Å². The number of rotatable bonds is 20. The Morgan fingerprint density at radius 1 is 0.263 bits per heavy atom. The number of nitrogens with zero attached hydrogens (tertiary/aromatic N) is 8. The van der Waals surface area contributed by atoms with Gasteiger partial charge in [-0.2, -0.15) is 0 Å². The molecule has 0 unspecified atom stereocenters. The van der Waals surface area contributed by atoms with Crippen molar-refractivity contribution in [2.45, 2.75) is 103 Å². The van der Waals surface area contributed by atoms with E-state index in [4.69, 9.17) is 29.9 Å².